The first-order valence-electron chi connectivity index (χ1n) is 8.89. The molecule has 1 aliphatic heterocycles. The van der Waals surface area contributed by atoms with Gasteiger partial charge in [-0.05, 0) is 68.7 Å². The van der Waals surface area contributed by atoms with E-state index < -0.39 is 0 Å². The highest BCUT2D eigenvalue weighted by Gasteiger charge is 2.42. The summed E-state index contributed by atoms with van der Waals surface area (Å²) < 4.78 is 5.83. The van der Waals surface area contributed by atoms with Crippen molar-refractivity contribution in [3.05, 3.63) is 24.3 Å². The standard InChI is InChI=1S/C18H25N5O/c19-16-21-17(20)23(18(22-16)10-2-1-3-11-18)14-6-8-15(9-7-14)24-12-13-4-5-13/h6-9,13H,1-5,10-12H2,(H4,19,20,21,22). The molecule has 2 fully saturated rings. The minimum Gasteiger partial charge on any atom is -0.493 e. The van der Waals surface area contributed by atoms with Gasteiger partial charge in [0.05, 0.1) is 6.61 Å². The molecular formula is C18H25N5O. The Morgan fingerprint density at radius 1 is 1.08 bits per heavy atom. The third-order valence-corrected chi connectivity index (χ3v) is 5.13. The first-order chi connectivity index (χ1) is 11.7. The normalized spacial score (nSPS) is 22.9. The number of rotatable bonds is 4. The van der Waals surface area contributed by atoms with Crippen molar-refractivity contribution in [1.82, 2.24) is 0 Å². The van der Waals surface area contributed by atoms with Crippen LogP contribution in [0, 0.1) is 5.92 Å². The molecule has 0 radical (unpaired) electrons. The summed E-state index contributed by atoms with van der Waals surface area (Å²) in [6.07, 6.45) is 7.97. The number of anilines is 1. The molecule has 6 nitrogen and oxygen atoms in total. The number of nitrogens with two attached hydrogens (primary N) is 2. The van der Waals surface area contributed by atoms with E-state index in [4.69, 9.17) is 21.2 Å². The van der Waals surface area contributed by atoms with Gasteiger partial charge < -0.3 is 16.2 Å². The molecule has 128 valence electrons. The minimum absolute atomic E-state index is 0.287. The van der Waals surface area contributed by atoms with Crippen molar-refractivity contribution in [2.75, 3.05) is 11.5 Å². The highest BCUT2D eigenvalue weighted by molar-refractivity contribution is 6.05. The largest absolute Gasteiger partial charge is 0.493 e. The fraction of sp³-hybridized carbons (Fsp3) is 0.556. The van der Waals surface area contributed by atoms with Crippen molar-refractivity contribution in [2.24, 2.45) is 27.4 Å². The Labute approximate surface area is 142 Å². The molecule has 0 bridgehead atoms. The Morgan fingerprint density at radius 2 is 1.79 bits per heavy atom. The van der Waals surface area contributed by atoms with E-state index in [1.165, 1.54) is 19.3 Å². The Balaban J connectivity index is 1.58. The van der Waals surface area contributed by atoms with Crippen LogP contribution in [0.2, 0.25) is 0 Å². The van der Waals surface area contributed by atoms with E-state index >= 15 is 0 Å². The topological polar surface area (TPSA) is 89.2 Å². The molecule has 1 aromatic carbocycles. The lowest BCUT2D eigenvalue weighted by Gasteiger charge is -2.45. The van der Waals surface area contributed by atoms with Gasteiger partial charge in [0.2, 0.25) is 11.9 Å². The number of hydrogen-bond acceptors (Lipinski definition) is 6. The van der Waals surface area contributed by atoms with Crippen LogP contribution < -0.4 is 21.1 Å². The predicted molar refractivity (Wildman–Crippen MR) is 96.2 cm³/mol. The third kappa shape index (κ3) is 2.92. The van der Waals surface area contributed by atoms with Gasteiger partial charge in [-0.3, -0.25) is 4.90 Å². The molecule has 4 N–H and O–H groups in total. The molecule has 1 heterocycles. The number of nitrogens with zero attached hydrogens (tertiary/aromatic N) is 3. The molecule has 1 spiro atoms. The monoisotopic (exact) mass is 327 g/mol. The molecule has 2 saturated carbocycles. The fourth-order valence-corrected chi connectivity index (χ4v) is 3.68. The number of benzene rings is 1. The van der Waals surface area contributed by atoms with Gasteiger partial charge in [-0.2, -0.15) is 4.99 Å². The first-order valence-corrected chi connectivity index (χ1v) is 8.89. The third-order valence-electron chi connectivity index (χ3n) is 5.13. The van der Waals surface area contributed by atoms with Crippen LogP contribution in [-0.2, 0) is 0 Å². The maximum absolute atomic E-state index is 6.24. The van der Waals surface area contributed by atoms with Crippen LogP contribution in [0.15, 0.2) is 34.3 Å². The van der Waals surface area contributed by atoms with Gasteiger partial charge in [-0.15, -0.1) is 0 Å². The van der Waals surface area contributed by atoms with E-state index in [2.05, 4.69) is 4.99 Å². The van der Waals surface area contributed by atoms with Gasteiger partial charge >= 0.3 is 0 Å². The summed E-state index contributed by atoms with van der Waals surface area (Å²) >= 11 is 0. The average Bonchev–Trinajstić information content (AvgIpc) is 3.38. The molecule has 4 rings (SSSR count). The van der Waals surface area contributed by atoms with Crippen molar-refractivity contribution in [3.63, 3.8) is 0 Å². The van der Waals surface area contributed by atoms with E-state index in [1.807, 2.05) is 29.2 Å². The lowest BCUT2D eigenvalue weighted by molar-refractivity contribution is 0.298. The summed E-state index contributed by atoms with van der Waals surface area (Å²) in [5, 5.41) is 0. The van der Waals surface area contributed by atoms with Gasteiger partial charge in [0, 0.05) is 5.69 Å². The smallest absolute Gasteiger partial charge is 0.220 e. The second-order valence-corrected chi connectivity index (χ2v) is 7.07. The quantitative estimate of drug-likeness (QED) is 0.889. The van der Waals surface area contributed by atoms with E-state index in [0.29, 0.717) is 5.96 Å². The lowest BCUT2D eigenvalue weighted by atomic mass is 9.87. The summed E-state index contributed by atoms with van der Waals surface area (Å²) in [7, 11) is 0. The number of aliphatic imine (C=N–C) groups is 2. The first kappa shape index (κ1) is 15.3. The van der Waals surface area contributed by atoms with Crippen LogP contribution in [0.3, 0.4) is 0 Å². The summed E-state index contributed by atoms with van der Waals surface area (Å²) in [6, 6.07) is 8.09. The Morgan fingerprint density at radius 3 is 2.46 bits per heavy atom. The van der Waals surface area contributed by atoms with Crippen LogP contribution in [0.1, 0.15) is 44.9 Å². The summed E-state index contributed by atoms with van der Waals surface area (Å²) in [4.78, 5) is 10.9. The molecule has 2 aliphatic carbocycles. The van der Waals surface area contributed by atoms with Gasteiger partial charge in [-0.1, -0.05) is 6.42 Å². The predicted octanol–water partition coefficient (Wildman–Crippen LogP) is 2.59. The van der Waals surface area contributed by atoms with Gasteiger partial charge in [0.25, 0.3) is 0 Å². The molecule has 0 atom stereocenters. The number of guanidine groups is 2. The Kier molecular flexibility index (Phi) is 3.82. The highest BCUT2D eigenvalue weighted by atomic mass is 16.5. The summed E-state index contributed by atoms with van der Waals surface area (Å²) in [5.41, 5.74) is 12.7. The summed E-state index contributed by atoms with van der Waals surface area (Å²) in [5.74, 6) is 2.36. The van der Waals surface area contributed by atoms with Crippen molar-refractivity contribution in [3.8, 4) is 5.75 Å². The Hall–Kier alpha value is -2.24. The van der Waals surface area contributed by atoms with E-state index in [0.717, 1.165) is 49.6 Å². The molecule has 6 heteroatoms. The summed E-state index contributed by atoms with van der Waals surface area (Å²) in [6.45, 7) is 0.817. The van der Waals surface area contributed by atoms with Crippen molar-refractivity contribution < 1.29 is 4.74 Å². The second-order valence-electron chi connectivity index (χ2n) is 7.07. The molecule has 3 aliphatic rings. The van der Waals surface area contributed by atoms with Gasteiger partial charge in [-0.25, -0.2) is 4.99 Å². The van der Waals surface area contributed by atoms with Crippen LogP contribution in [0.5, 0.6) is 5.75 Å². The average molecular weight is 327 g/mol. The lowest BCUT2D eigenvalue weighted by Crippen LogP contribution is -2.58. The second kappa shape index (κ2) is 6.00. The van der Waals surface area contributed by atoms with Crippen molar-refractivity contribution >= 4 is 17.6 Å². The van der Waals surface area contributed by atoms with Crippen molar-refractivity contribution in [1.29, 1.82) is 0 Å². The molecular weight excluding hydrogens is 302 g/mol. The van der Waals surface area contributed by atoms with Crippen LogP contribution in [-0.4, -0.2) is 24.2 Å². The van der Waals surface area contributed by atoms with Crippen LogP contribution in [0.25, 0.3) is 0 Å². The molecule has 0 aromatic heterocycles. The zero-order valence-corrected chi connectivity index (χ0v) is 13.9. The van der Waals surface area contributed by atoms with Crippen molar-refractivity contribution in [2.45, 2.75) is 50.6 Å². The number of ether oxygens (including phenoxy) is 1. The van der Waals surface area contributed by atoms with Crippen LogP contribution >= 0.6 is 0 Å². The minimum atomic E-state index is -0.384. The molecule has 0 unspecified atom stereocenters. The van der Waals surface area contributed by atoms with Gasteiger partial charge in [0.1, 0.15) is 11.4 Å². The molecule has 0 saturated heterocycles. The maximum Gasteiger partial charge on any atom is 0.220 e. The highest BCUT2D eigenvalue weighted by Crippen LogP contribution is 2.39. The van der Waals surface area contributed by atoms with Crippen LogP contribution in [0.4, 0.5) is 5.69 Å². The molecule has 0 amide bonds. The zero-order chi connectivity index (χ0) is 16.6. The SMILES string of the molecule is NC1=NC2(CCCCC2)N(c2ccc(OCC3CC3)cc2)C(N)=N1. The van der Waals surface area contributed by atoms with E-state index in [9.17, 15) is 0 Å². The van der Waals surface area contributed by atoms with Gasteiger partial charge in [0.15, 0.2) is 0 Å². The molecule has 24 heavy (non-hydrogen) atoms. The fourth-order valence-electron chi connectivity index (χ4n) is 3.68. The van der Waals surface area contributed by atoms with E-state index in [1.54, 1.807) is 0 Å². The zero-order valence-electron chi connectivity index (χ0n) is 13.9. The van der Waals surface area contributed by atoms with E-state index in [-0.39, 0.29) is 11.6 Å². The Bertz CT molecular complexity index is 656. The number of hydrogen-bond donors (Lipinski definition) is 2. The molecule has 1 aromatic rings. The maximum atomic E-state index is 6.24.